The number of rotatable bonds is 5. The zero-order chi connectivity index (χ0) is 18.2. The Morgan fingerprint density at radius 1 is 1.24 bits per heavy atom. The van der Waals surface area contributed by atoms with E-state index >= 15 is 0 Å². The summed E-state index contributed by atoms with van der Waals surface area (Å²) in [7, 11) is 1.54. The summed E-state index contributed by atoms with van der Waals surface area (Å²) >= 11 is 0. The van der Waals surface area contributed by atoms with Gasteiger partial charge in [0.2, 0.25) is 0 Å². The number of hydrogen-bond acceptors (Lipinski definition) is 4. The Morgan fingerprint density at radius 2 is 1.92 bits per heavy atom. The maximum absolute atomic E-state index is 12.0. The van der Waals surface area contributed by atoms with Crippen molar-refractivity contribution in [2.75, 3.05) is 7.11 Å². The number of methoxy groups -OCH3 is 1. The lowest BCUT2D eigenvalue weighted by atomic mass is 9.89. The summed E-state index contributed by atoms with van der Waals surface area (Å²) < 4.78 is 11.3. The normalized spacial score (nSPS) is 18.3. The number of nitrogens with two attached hydrogens (primary N) is 1. The van der Waals surface area contributed by atoms with Gasteiger partial charge in [-0.05, 0) is 35.7 Å². The van der Waals surface area contributed by atoms with E-state index in [2.05, 4.69) is 0 Å². The number of benzene rings is 2. The third-order valence-electron chi connectivity index (χ3n) is 4.67. The molecule has 0 saturated heterocycles. The number of carbonyl (C=O) groups excluding carboxylic acids is 1. The summed E-state index contributed by atoms with van der Waals surface area (Å²) in [6.07, 6.45) is 0.791. The first-order chi connectivity index (χ1) is 11.9. The Morgan fingerprint density at radius 3 is 2.44 bits per heavy atom. The van der Waals surface area contributed by atoms with Crippen LogP contribution in [0.25, 0.3) is 11.1 Å². The van der Waals surface area contributed by atoms with Gasteiger partial charge >= 0.3 is 5.97 Å². The zero-order valence-corrected chi connectivity index (χ0v) is 14.0. The molecule has 6 heteroatoms. The fourth-order valence-corrected chi connectivity index (χ4v) is 3.14. The predicted molar refractivity (Wildman–Crippen MR) is 91.9 cm³/mol. The monoisotopic (exact) mass is 341 g/mol. The van der Waals surface area contributed by atoms with Crippen LogP contribution in [-0.4, -0.2) is 29.7 Å². The number of carboxylic acids is 1. The van der Waals surface area contributed by atoms with Crippen LogP contribution in [0.15, 0.2) is 36.4 Å². The summed E-state index contributed by atoms with van der Waals surface area (Å²) in [5.41, 5.74) is 7.25. The summed E-state index contributed by atoms with van der Waals surface area (Å²) in [5.74, 6) is -0.436. The molecule has 0 spiro atoms. The fourth-order valence-electron chi connectivity index (χ4n) is 3.14. The summed E-state index contributed by atoms with van der Waals surface area (Å²) in [6.45, 7) is 1.85. The summed E-state index contributed by atoms with van der Waals surface area (Å²) in [5, 5.41) is 9.04. The third-order valence-corrected chi connectivity index (χ3v) is 4.67. The van der Waals surface area contributed by atoms with Crippen LogP contribution in [0.4, 0.5) is 0 Å². The van der Waals surface area contributed by atoms with Gasteiger partial charge in [0, 0.05) is 12.0 Å². The van der Waals surface area contributed by atoms with Crippen molar-refractivity contribution in [1.29, 1.82) is 0 Å². The SMILES string of the molecule is CCC1(C(N)=O)Cc2c(-c3ccc(C(=O)O)cc3)ccc(OC)c2O1. The fraction of sp³-hybridized carbons (Fsp3) is 0.263. The number of ether oxygens (including phenoxy) is 2. The minimum atomic E-state index is -1.09. The van der Waals surface area contributed by atoms with Gasteiger partial charge in [0.1, 0.15) is 0 Å². The standard InChI is InChI=1S/C19H19NO5/c1-3-19(18(20)23)10-14-13(8-9-15(24-2)16(14)25-19)11-4-6-12(7-5-11)17(21)22/h4-9H,3,10H2,1-2H3,(H2,20,23)(H,21,22). The lowest BCUT2D eigenvalue weighted by molar-refractivity contribution is -0.132. The minimum Gasteiger partial charge on any atom is -0.493 e. The van der Waals surface area contributed by atoms with E-state index in [0.29, 0.717) is 24.3 Å². The first kappa shape index (κ1) is 16.8. The van der Waals surface area contributed by atoms with Crippen LogP contribution in [0.3, 0.4) is 0 Å². The van der Waals surface area contributed by atoms with E-state index in [1.165, 1.54) is 7.11 Å². The number of carboxylic acid groups (broad SMARTS) is 1. The van der Waals surface area contributed by atoms with Crippen LogP contribution >= 0.6 is 0 Å². The highest BCUT2D eigenvalue weighted by Crippen LogP contribution is 2.47. The van der Waals surface area contributed by atoms with Gasteiger partial charge in [-0.25, -0.2) is 4.79 Å². The third kappa shape index (κ3) is 2.69. The Bertz CT molecular complexity index is 844. The van der Waals surface area contributed by atoms with Gasteiger partial charge in [0.15, 0.2) is 17.1 Å². The molecule has 0 saturated carbocycles. The maximum Gasteiger partial charge on any atom is 0.335 e. The Kier molecular flexibility index (Phi) is 4.12. The Hall–Kier alpha value is -3.02. The molecule has 1 aliphatic heterocycles. The van der Waals surface area contributed by atoms with Crippen molar-refractivity contribution in [1.82, 2.24) is 0 Å². The van der Waals surface area contributed by atoms with Crippen molar-refractivity contribution in [3.05, 3.63) is 47.5 Å². The topological polar surface area (TPSA) is 98.9 Å². The van der Waals surface area contributed by atoms with Gasteiger partial charge in [-0.15, -0.1) is 0 Å². The maximum atomic E-state index is 12.0. The van der Waals surface area contributed by atoms with Crippen molar-refractivity contribution >= 4 is 11.9 Å². The lowest BCUT2D eigenvalue weighted by Gasteiger charge is -2.23. The number of aromatic carboxylic acids is 1. The van der Waals surface area contributed by atoms with E-state index < -0.39 is 17.5 Å². The average Bonchev–Trinajstić information content (AvgIpc) is 3.02. The first-order valence-corrected chi connectivity index (χ1v) is 7.94. The highest BCUT2D eigenvalue weighted by atomic mass is 16.5. The highest BCUT2D eigenvalue weighted by molar-refractivity contribution is 5.89. The predicted octanol–water partition coefficient (Wildman–Crippen LogP) is 2.63. The second-order valence-electron chi connectivity index (χ2n) is 6.00. The van der Waals surface area contributed by atoms with Crippen LogP contribution in [0.1, 0.15) is 29.3 Å². The minimum absolute atomic E-state index is 0.213. The van der Waals surface area contributed by atoms with E-state index in [4.69, 9.17) is 20.3 Å². The molecule has 0 bridgehead atoms. The van der Waals surface area contributed by atoms with E-state index in [1.54, 1.807) is 30.3 Å². The molecule has 130 valence electrons. The summed E-state index contributed by atoms with van der Waals surface area (Å²) in [4.78, 5) is 23.0. The molecular weight excluding hydrogens is 322 g/mol. The van der Waals surface area contributed by atoms with Crippen molar-refractivity contribution in [2.45, 2.75) is 25.4 Å². The molecule has 3 rings (SSSR count). The molecule has 25 heavy (non-hydrogen) atoms. The van der Waals surface area contributed by atoms with Crippen LogP contribution < -0.4 is 15.2 Å². The van der Waals surface area contributed by atoms with Crippen LogP contribution in [-0.2, 0) is 11.2 Å². The largest absolute Gasteiger partial charge is 0.493 e. The molecule has 0 aliphatic carbocycles. The molecule has 2 aromatic rings. The van der Waals surface area contributed by atoms with Crippen molar-refractivity contribution < 1.29 is 24.2 Å². The van der Waals surface area contributed by atoms with E-state index in [-0.39, 0.29) is 5.56 Å². The second-order valence-corrected chi connectivity index (χ2v) is 6.00. The van der Waals surface area contributed by atoms with Crippen molar-refractivity contribution in [3.63, 3.8) is 0 Å². The number of carbonyl (C=O) groups is 2. The second kappa shape index (κ2) is 6.12. The summed E-state index contributed by atoms with van der Waals surface area (Å²) in [6, 6.07) is 10.2. The molecule has 0 fully saturated rings. The van der Waals surface area contributed by atoms with Gasteiger partial charge in [0.05, 0.1) is 12.7 Å². The first-order valence-electron chi connectivity index (χ1n) is 7.94. The van der Waals surface area contributed by atoms with Crippen LogP contribution in [0.2, 0.25) is 0 Å². The van der Waals surface area contributed by atoms with Gasteiger partial charge in [-0.1, -0.05) is 25.1 Å². The van der Waals surface area contributed by atoms with Gasteiger partial charge in [-0.2, -0.15) is 0 Å². The van der Waals surface area contributed by atoms with E-state index in [1.807, 2.05) is 13.0 Å². The molecule has 0 radical (unpaired) electrons. The van der Waals surface area contributed by atoms with E-state index in [0.717, 1.165) is 16.7 Å². The molecule has 1 amide bonds. The van der Waals surface area contributed by atoms with Crippen molar-refractivity contribution in [3.8, 4) is 22.6 Å². The quantitative estimate of drug-likeness (QED) is 0.871. The van der Waals surface area contributed by atoms with Gasteiger partial charge in [-0.3, -0.25) is 4.79 Å². The smallest absolute Gasteiger partial charge is 0.335 e. The van der Waals surface area contributed by atoms with Gasteiger partial charge in [0.25, 0.3) is 5.91 Å². The van der Waals surface area contributed by atoms with Crippen LogP contribution in [0, 0.1) is 0 Å². The molecular formula is C19H19NO5. The highest BCUT2D eigenvalue weighted by Gasteiger charge is 2.45. The molecule has 6 nitrogen and oxygen atoms in total. The molecule has 1 heterocycles. The molecule has 0 aromatic heterocycles. The van der Waals surface area contributed by atoms with E-state index in [9.17, 15) is 9.59 Å². The molecule has 3 N–H and O–H groups in total. The number of hydrogen-bond donors (Lipinski definition) is 2. The number of primary amides is 1. The molecule has 1 aliphatic rings. The zero-order valence-electron chi connectivity index (χ0n) is 14.0. The molecule has 1 unspecified atom stereocenters. The lowest BCUT2D eigenvalue weighted by Crippen LogP contribution is -2.47. The Balaban J connectivity index is 2.11. The van der Waals surface area contributed by atoms with Crippen LogP contribution in [0.5, 0.6) is 11.5 Å². The Labute approximate surface area is 145 Å². The number of fused-ring (bicyclic) bond motifs is 1. The van der Waals surface area contributed by atoms with Crippen molar-refractivity contribution in [2.24, 2.45) is 5.73 Å². The number of amides is 1. The average molecular weight is 341 g/mol. The van der Waals surface area contributed by atoms with Gasteiger partial charge < -0.3 is 20.3 Å². The molecule has 2 aromatic carbocycles. The molecule has 1 atom stereocenters.